The molecule has 0 bridgehead atoms. The zero-order chi connectivity index (χ0) is 17.9. The first-order chi connectivity index (χ1) is 12.0. The van der Waals surface area contributed by atoms with Crippen LogP contribution in [0.5, 0.6) is 0 Å². The van der Waals surface area contributed by atoms with Crippen molar-refractivity contribution >= 4 is 11.4 Å². The minimum atomic E-state index is 0.352. The van der Waals surface area contributed by atoms with Gasteiger partial charge in [0.2, 0.25) is 0 Å². The van der Waals surface area contributed by atoms with Crippen molar-refractivity contribution in [2.45, 2.75) is 77.0 Å². The summed E-state index contributed by atoms with van der Waals surface area (Å²) in [6.07, 6.45) is 9.50. The molecule has 0 amide bonds. The first-order valence-corrected chi connectivity index (χ1v) is 9.85. The van der Waals surface area contributed by atoms with Crippen LogP contribution < -0.4 is 11.1 Å². The summed E-state index contributed by atoms with van der Waals surface area (Å²) in [5, 5.41) is 3.64. The van der Waals surface area contributed by atoms with Crippen LogP contribution in [-0.2, 0) is 4.74 Å². The highest BCUT2D eigenvalue weighted by atomic mass is 16.5. The molecule has 0 radical (unpaired) electrons. The summed E-state index contributed by atoms with van der Waals surface area (Å²) < 4.78 is 5.82. The van der Waals surface area contributed by atoms with E-state index in [2.05, 4.69) is 35.1 Å². The summed E-state index contributed by atoms with van der Waals surface area (Å²) in [7, 11) is 0. The number of aromatic nitrogens is 1. The number of nitrogens with zero attached hydrogens (tertiary/aromatic N) is 2. The Bertz CT molecular complexity index is 561. The Hall–Kier alpha value is -1.33. The van der Waals surface area contributed by atoms with Crippen LogP contribution in [0.3, 0.4) is 0 Å². The standard InChI is InChI=1S/C20H34N4O/c1-4-25-17-5-9-20(3,10-6-17)24-11-7-16(8-12-24)23-19-13-15(2)22-14-18(19)21/h13-14,16-17H,4-12,21H2,1-3H3,(H,22,23). The van der Waals surface area contributed by atoms with Crippen LogP contribution >= 0.6 is 0 Å². The van der Waals surface area contributed by atoms with E-state index in [0.717, 1.165) is 36.8 Å². The summed E-state index contributed by atoms with van der Waals surface area (Å²) in [6.45, 7) is 9.73. The largest absolute Gasteiger partial charge is 0.396 e. The van der Waals surface area contributed by atoms with E-state index >= 15 is 0 Å². The molecule has 0 aromatic carbocycles. The quantitative estimate of drug-likeness (QED) is 0.853. The molecule has 1 aromatic heterocycles. The maximum Gasteiger partial charge on any atom is 0.0736 e. The van der Waals surface area contributed by atoms with Crippen LogP contribution in [0.25, 0.3) is 0 Å². The molecule has 1 saturated heterocycles. The van der Waals surface area contributed by atoms with Crippen LogP contribution in [0.2, 0.25) is 0 Å². The Morgan fingerprint density at radius 2 is 1.96 bits per heavy atom. The molecular weight excluding hydrogens is 312 g/mol. The molecule has 5 nitrogen and oxygen atoms in total. The van der Waals surface area contributed by atoms with Gasteiger partial charge in [0.25, 0.3) is 0 Å². The predicted octanol–water partition coefficient (Wildman–Crippen LogP) is 3.59. The van der Waals surface area contributed by atoms with Crippen LogP contribution in [0, 0.1) is 6.92 Å². The highest BCUT2D eigenvalue weighted by molar-refractivity contribution is 5.65. The number of nitrogens with two attached hydrogens (primary N) is 1. The maximum atomic E-state index is 6.06. The van der Waals surface area contributed by atoms with E-state index < -0.39 is 0 Å². The molecular formula is C20H34N4O. The van der Waals surface area contributed by atoms with Gasteiger partial charge >= 0.3 is 0 Å². The zero-order valence-electron chi connectivity index (χ0n) is 16.1. The summed E-state index contributed by atoms with van der Waals surface area (Å²) in [5.74, 6) is 0. The molecule has 25 heavy (non-hydrogen) atoms. The number of ether oxygens (including phenoxy) is 1. The molecule has 0 unspecified atom stereocenters. The van der Waals surface area contributed by atoms with Crippen molar-refractivity contribution in [3.05, 3.63) is 18.0 Å². The van der Waals surface area contributed by atoms with Crippen molar-refractivity contribution in [1.29, 1.82) is 0 Å². The van der Waals surface area contributed by atoms with Gasteiger partial charge in [0, 0.05) is 37.0 Å². The van der Waals surface area contributed by atoms with Gasteiger partial charge in [-0.25, -0.2) is 0 Å². The Morgan fingerprint density at radius 3 is 2.60 bits per heavy atom. The second-order valence-electron chi connectivity index (χ2n) is 7.97. The summed E-state index contributed by atoms with van der Waals surface area (Å²) >= 11 is 0. The minimum absolute atomic E-state index is 0.352. The van der Waals surface area contributed by atoms with E-state index in [1.807, 2.05) is 6.92 Å². The van der Waals surface area contributed by atoms with Crippen molar-refractivity contribution in [3.63, 3.8) is 0 Å². The van der Waals surface area contributed by atoms with Gasteiger partial charge in [-0.1, -0.05) is 0 Å². The number of hydrogen-bond donors (Lipinski definition) is 2. The van der Waals surface area contributed by atoms with Crippen LogP contribution in [0.15, 0.2) is 12.3 Å². The number of nitrogens with one attached hydrogen (secondary N) is 1. The van der Waals surface area contributed by atoms with E-state index in [4.69, 9.17) is 10.5 Å². The lowest BCUT2D eigenvalue weighted by Gasteiger charge is -2.48. The van der Waals surface area contributed by atoms with Crippen molar-refractivity contribution in [1.82, 2.24) is 9.88 Å². The normalized spacial score (nSPS) is 28.8. The number of piperidine rings is 1. The first-order valence-electron chi connectivity index (χ1n) is 9.85. The number of hydrogen-bond acceptors (Lipinski definition) is 5. The van der Waals surface area contributed by atoms with E-state index in [9.17, 15) is 0 Å². The van der Waals surface area contributed by atoms with Crippen molar-refractivity contribution in [2.75, 3.05) is 30.7 Å². The van der Waals surface area contributed by atoms with Crippen molar-refractivity contribution in [2.24, 2.45) is 0 Å². The lowest BCUT2D eigenvalue weighted by atomic mass is 9.79. The Labute approximate surface area is 152 Å². The number of likely N-dealkylation sites (tertiary alicyclic amines) is 1. The Morgan fingerprint density at radius 1 is 1.28 bits per heavy atom. The molecule has 3 rings (SSSR count). The van der Waals surface area contributed by atoms with Gasteiger partial charge in [0.1, 0.15) is 0 Å². The summed E-state index contributed by atoms with van der Waals surface area (Å²) in [6, 6.07) is 2.56. The first kappa shape index (κ1) is 18.5. The van der Waals surface area contributed by atoms with Gasteiger partial charge in [-0.2, -0.15) is 0 Å². The van der Waals surface area contributed by atoms with Crippen LogP contribution in [0.4, 0.5) is 11.4 Å². The van der Waals surface area contributed by atoms with Crippen LogP contribution in [0.1, 0.15) is 58.1 Å². The highest BCUT2D eigenvalue weighted by Crippen LogP contribution is 2.36. The molecule has 2 fully saturated rings. The lowest BCUT2D eigenvalue weighted by molar-refractivity contribution is -0.0242. The maximum absolute atomic E-state index is 6.06. The third-order valence-electron chi connectivity index (χ3n) is 6.10. The number of rotatable bonds is 5. The van der Waals surface area contributed by atoms with Crippen molar-refractivity contribution in [3.8, 4) is 0 Å². The number of anilines is 2. The minimum Gasteiger partial charge on any atom is -0.396 e. The SMILES string of the molecule is CCOC1CCC(C)(N2CCC(Nc3cc(C)ncc3N)CC2)CC1. The van der Waals surface area contributed by atoms with Gasteiger partial charge < -0.3 is 15.8 Å². The van der Waals surface area contributed by atoms with E-state index in [0.29, 0.717) is 17.7 Å². The summed E-state index contributed by atoms with van der Waals surface area (Å²) in [4.78, 5) is 6.97. The third kappa shape index (κ3) is 4.45. The number of nitrogen functional groups attached to an aromatic ring is 1. The average molecular weight is 347 g/mol. The topological polar surface area (TPSA) is 63.4 Å². The molecule has 2 heterocycles. The molecule has 1 aliphatic carbocycles. The molecule has 1 saturated carbocycles. The number of pyridine rings is 1. The predicted molar refractivity (Wildman–Crippen MR) is 104 cm³/mol. The third-order valence-corrected chi connectivity index (χ3v) is 6.10. The molecule has 0 atom stereocenters. The molecule has 1 aliphatic heterocycles. The molecule has 3 N–H and O–H groups in total. The highest BCUT2D eigenvalue weighted by Gasteiger charge is 2.38. The fraction of sp³-hybridized carbons (Fsp3) is 0.750. The fourth-order valence-electron chi connectivity index (χ4n) is 4.41. The lowest BCUT2D eigenvalue weighted by Crippen LogP contribution is -2.53. The van der Waals surface area contributed by atoms with E-state index in [1.165, 1.54) is 38.5 Å². The fourth-order valence-corrected chi connectivity index (χ4v) is 4.41. The van der Waals surface area contributed by atoms with Gasteiger partial charge in [-0.05, 0) is 65.4 Å². The van der Waals surface area contributed by atoms with E-state index in [1.54, 1.807) is 6.20 Å². The second kappa shape index (κ2) is 7.92. The van der Waals surface area contributed by atoms with Gasteiger partial charge in [-0.15, -0.1) is 0 Å². The van der Waals surface area contributed by atoms with Gasteiger partial charge in [0.05, 0.1) is 23.7 Å². The van der Waals surface area contributed by atoms with Gasteiger partial charge in [0.15, 0.2) is 0 Å². The smallest absolute Gasteiger partial charge is 0.0736 e. The van der Waals surface area contributed by atoms with Crippen molar-refractivity contribution < 1.29 is 4.74 Å². The second-order valence-corrected chi connectivity index (χ2v) is 7.97. The van der Waals surface area contributed by atoms with E-state index in [-0.39, 0.29) is 0 Å². The molecule has 140 valence electrons. The molecule has 2 aliphatic rings. The zero-order valence-corrected chi connectivity index (χ0v) is 16.1. The monoisotopic (exact) mass is 346 g/mol. The average Bonchev–Trinajstić information content (AvgIpc) is 2.61. The van der Waals surface area contributed by atoms with Crippen LogP contribution in [-0.4, -0.2) is 47.3 Å². The molecule has 1 aromatic rings. The van der Waals surface area contributed by atoms with Gasteiger partial charge in [-0.3, -0.25) is 9.88 Å². The Kier molecular flexibility index (Phi) is 5.85. The molecule has 5 heteroatoms. The Balaban J connectivity index is 1.51. The number of aryl methyl sites for hydroxylation is 1. The molecule has 0 spiro atoms. The summed E-state index contributed by atoms with van der Waals surface area (Å²) in [5.41, 5.74) is 9.20.